The molecule has 8 heteroatoms. The topological polar surface area (TPSA) is 75.3 Å². The van der Waals surface area contributed by atoms with Crippen LogP contribution in [-0.2, 0) is 21.4 Å². The van der Waals surface area contributed by atoms with E-state index in [-0.39, 0.29) is 22.5 Å². The Labute approximate surface area is 145 Å². The fourth-order valence-corrected chi connectivity index (χ4v) is 4.43. The zero-order chi connectivity index (χ0) is 17.7. The van der Waals surface area contributed by atoms with Crippen molar-refractivity contribution in [2.45, 2.75) is 30.6 Å². The maximum absolute atomic E-state index is 13.2. The molecule has 0 bridgehead atoms. The number of halogens is 1. The second-order valence-electron chi connectivity index (χ2n) is 5.62. The second-order valence-corrected chi connectivity index (χ2v) is 8.51. The summed E-state index contributed by atoms with van der Waals surface area (Å²) in [6, 6.07) is 8.08. The summed E-state index contributed by atoms with van der Waals surface area (Å²) in [7, 11) is -3.75. The molecular formula is C16H19FN2O3S2. The maximum Gasteiger partial charge on any atom is 0.250 e. The monoisotopic (exact) mass is 370 g/mol. The predicted molar refractivity (Wildman–Crippen MR) is 91.5 cm³/mol. The minimum Gasteiger partial charge on any atom is -0.351 e. The van der Waals surface area contributed by atoms with Crippen molar-refractivity contribution >= 4 is 27.3 Å². The Morgan fingerprint density at radius 3 is 2.58 bits per heavy atom. The van der Waals surface area contributed by atoms with Crippen LogP contribution in [0.1, 0.15) is 19.4 Å². The van der Waals surface area contributed by atoms with Gasteiger partial charge < -0.3 is 5.32 Å². The van der Waals surface area contributed by atoms with Crippen LogP contribution >= 0.6 is 11.3 Å². The van der Waals surface area contributed by atoms with Crippen molar-refractivity contribution < 1.29 is 17.6 Å². The van der Waals surface area contributed by atoms with E-state index in [1.807, 2.05) is 0 Å². The Bertz CT molecular complexity index is 789. The molecule has 0 saturated carbocycles. The van der Waals surface area contributed by atoms with E-state index in [0.29, 0.717) is 5.56 Å². The Morgan fingerprint density at radius 1 is 1.25 bits per heavy atom. The van der Waals surface area contributed by atoms with Crippen LogP contribution < -0.4 is 10.0 Å². The third-order valence-electron chi connectivity index (χ3n) is 3.35. The van der Waals surface area contributed by atoms with Gasteiger partial charge in [0.15, 0.2) is 0 Å². The van der Waals surface area contributed by atoms with Gasteiger partial charge in [0, 0.05) is 6.54 Å². The largest absolute Gasteiger partial charge is 0.351 e. The first-order valence-corrected chi connectivity index (χ1v) is 9.74. The van der Waals surface area contributed by atoms with Crippen molar-refractivity contribution in [1.29, 1.82) is 0 Å². The minimum atomic E-state index is -3.75. The first kappa shape index (κ1) is 18.6. The Balaban J connectivity index is 2.06. The average Bonchev–Trinajstić information content (AvgIpc) is 3.05. The van der Waals surface area contributed by atoms with Crippen molar-refractivity contribution in [3.8, 4) is 0 Å². The number of amides is 1. The summed E-state index contributed by atoms with van der Waals surface area (Å²) in [5.74, 6) is -1.08. The van der Waals surface area contributed by atoms with Gasteiger partial charge >= 0.3 is 0 Å². The van der Waals surface area contributed by atoms with Crippen molar-refractivity contribution in [3.63, 3.8) is 0 Å². The lowest BCUT2D eigenvalue weighted by atomic mass is 10.0. The smallest absolute Gasteiger partial charge is 0.250 e. The molecule has 0 aliphatic carbocycles. The van der Waals surface area contributed by atoms with Crippen molar-refractivity contribution in [2.75, 3.05) is 0 Å². The lowest BCUT2D eigenvalue weighted by molar-refractivity contribution is -0.123. The second kappa shape index (κ2) is 7.87. The number of benzene rings is 1. The standard InChI is InChI=1S/C16H19FN2O3S2/c1-11(2)15(19-24(21,22)14-7-4-8-23-14)16(20)18-10-12-5-3-6-13(17)9-12/h3-9,11,15,19H,10H2,1-2H3,(H,18,20)/t15-/m1/s1. The first-order chi connectivity index (χ1) is 11.3. The molecule has 130 valence electrons. The van der Waals surface area contributed by atoms with Crippen LogP contribution in [0.2, 0.25) is 0 Å². The molecule has 0 aliphatic heterocycles. The number of hydrogen-bond acceptors (Lipinski definition) is 4. The van der Waals surface area contributed by atoms with E-state index >= 15 is 0 Å². The number of rotatable bonds is 7. The van der Waals surface area contributed by atoms with Gasteiger partial charge in [-0.05, 0) is 35.1 Å². The highest BCUT2D eigenvalue weighted by Gasteiger charge is 2.28. The van der Waals surface area contributed by atoms with Gasteiger partial charge in [0.25, 0.3) is 10.0 Å². The van der Waals surface area contributed by atoms with Gasteiger partial charge in [0.2, 0.25) is 5.91 Å². The van der Waals surface area contributed by atoms with Crippen molar-refractivity contribution in [1.82, 2.24) is 10.0 Å². The van der Waals surface area contributed by atoms with Gasteiger partial charge in [-0.3, -0.25) is 4.79 Å². The van der Waals surface area contributed by atoms with Gasteiger partial charge in [0.05, 0.1) is 0 Å². The fourth-order valence-electron chi connectivity index (χ4n) is 2.08. The van der Waals surface area contributed by atoms with Crippen LogP contribution in [0, 0.1) is 11.7 Å². The third kappa shape index (κ3) is 4.86. The van der Waals surface area contributed by atoms with Gasteiger partial charge in [-0.25, -0.2) is 12.8 Å². The summed E-state index contributed by atoms with van der Waals surface area (Å²) in [5, 5.41) is 4.30. The van der Waals surface area contributed by atoms with E-state index in [4.69, 9.17) is 0 Å². The number of nitrogens with one attached hydrogen (secondary N) is 2. The molecule has 2 N–H and O–H groups in total. The van der Waals surface area contributed by atoms with Crippen LogP contribution in [0.15, 0.2) is 46.0 Å². The normalized spacial score (nSPS) is 13.0. The van der Waals surface area contributed by atoms with Crippen LogP contribution in [0.4, 0.5) is 4.39 Å². The summed E-state index contributed by atoms with van der Waals surface area (Å²) in [5.41, 5.74) is 0.604. The molecule has 0 unspecified atom stereocenters. The number of carbonyl (C=O) groups excluding carboxylic acids is 1. The van der Waals surface area contributed by atoms with Crippen molar-refractivity contribution in [2.24, 2.45) is 5.92 Å². The lowest BCUT2D eigenvalue weighted by Gasteiger charge is -2.21. The average molecular weight is 370 g/mol. The molecule has 0 saturated heterocycles. The summed E-state index contributed by atoms with van der Waals surface area (Å²) in [4.78, 5) is 12.4. The number of hydrogen-bond donors (Lipinski definition) is 2. The number of sulfonamides is 1. The molecule has 24 heavy (non-hydrogen) atoms. The van der Waals surface area contributed by atoms with E-state index in [1.54, 1.807) is 37.4 Å². The van der Waals surface area contributed by atoms with E-state index in [2.05, 4.69) is 10.0 Å². The van der Waals surface area contributed by atoms with E-state index in [9.17, 15) is 17.6 Å². The molecule has 5 nitrogen and oxygen atoms in total. The molecule has 2 aromatic rings. The molecule has 1 heterocycles. The van der Waals surface area contributed by atoms with Crippen LogP contribution in [0.25, 0.3) is 0 Å². The Kier molecular flexibility index (Phi) is 6.09. The van der Waals surface area contributed by atoms with E-state index in [1.165, 1.54) is 18.2 Å². The number of thiophene rings is 1. The zero-order valence-corrected chi connectivity index (χ0v) is 15.0. The summed E-state index contributed by atoms with van der Waals surface area (Å²) in [6.07, 6.45) is 0. The highest BCUT2D eigenvalue weighted by atomic mass is 32.2. The molecule has 0 aliphatic rings. The Morgan fingerprint density at radius 2 is 2.00 bits per heavy atom. The molecule has 0 radical (unpaired) electrons. The van der Waals surface area contributed by atoms with E-state index < -0.39 is 22.0 Å². The Hall–Kier alpha value is -1.77. The summed E-state index contributed by atoms with van der Waals surface area (Å²) >= 11 is 1.08. The van der Waals surface area contributed by atoms with E-state index in [0.717, 1.165) is 11.3 Å². The van der Waals surface area contributed by atoms with Crippen LogP contribution in [0.5, 0.6) is 0 Å². The molecule has 0 fully saturated rings. The SMILES string of the molecule is CC(C)[C@@H](NS(=O)(=O)c1cccs1)C(=O)NCc1cccc(F)c1. The lowest BCUT2D eigenvalue weighted by Crippen LogP contribution is -2.49. The molecule has 1 amide bonds. The highest BCUT2D eigenvalue weighted by molar-refractivity contribution is 7.91. The van der Waals surface area contributed by atoms with Gasteiger partial charge in [0.1, 0.15) is 16.1 Å². The maximum atomic E-state index is 13.2. The minimum absolute atomic E-state index is 0.126. The zero-order valence-electron chi connectivity index (χ0n) is 13.3. The molecular weight excluding hydrogens is 351 g/mol. The fraction of sp³-hybridized carbons (Fsp3) is 0.312. The van der Waals surface area contributed by atoms with Crippen LogP contribution in [0.3, 0.4) is 0 Å². The third-order valence-corrected chi connectivity index (χ3v) is 6.19. The summed E-state index contributed by atoms with van der Waals surface area (Å²) < 4.78 is 40.4. The van der Waals surface area contributed by atoms with Gasteiger partial charge in [-0.2, -0.15) is 4.72 Å². The molecule has 1 aromatic heterocycles. The van der Waals surface area contributed by atoms with Crippen molar-refractivity contribution in [3.05, 3.63) is 53.2 Å². The van der Waals surface area contributed by atoms with Crippen LogP contribution in [-0.4, -0.2) is 20.4 Å². The quantitative estimate of drug-likeness (QED) is 0.786. The first-order valence-electron chi connectivity index (χ1n) is 7.37. The molecule has 0 spiro atoms. The molecule has 1 aromatic carbocycles. The number of carbonyl (C=O) groups is 1. The molecule has 1 atom stereocenters. The predicted octanol–water partition coefficient (Wildman–Crippen LogP) is 2.51. The van der Waals surface area contributed by atoms with Gasteiger partial charge in [-0.1, -0.05) is 32.0 Å². The van der Waals surface area contributed by atoms with Gasteiger partial charge in [-0.15, -0.1) is 11.3 Å². The highest BCUT2D eigenvalue weighted by Crippen LogP contribution is 2.17. The summed E-state index contributed by atoms with van der Waals surface area (Å²) in [6.45, 7) is 3.63. The molecule has 2 rings (SSSR count).